The molecule has 0 amide bonds. The Bertz CT molecular complexity index is 795. The quantitative estimate of drug-likeness (QED) is 0.826. The van der Waals surface area contributed by atoms with E-state index in [2.05, 4.69) is 24.0 Å². The molecule has 3 nitrogen and oxygen atoms in total. The maximum absolute atomic E-state index is 12.1. The summed E-state index contributed by atoms with van der Waals surface area (Å²) in [5.41, 5.74) is 1.15. The number of benzene rings is 2. The van der Waals surface area contributed by atoms with Crippen LogP contribution in [0.1, 0.15) is 36.8 Å². The minimum Gasteiger partial charge on any atom is -0.369 e. The van der Waals surface area contributed by atoms with Crippen LogP contribution < -0.4 is 0 Å². The molecular formula is C21H23ClN2OS. The number of nitrogens with zero attached hydrogens (tertiary/aromatic N) is 2. The monoisotopic (exact) mass is 386 g/mol. The molecule has 2 aliphatic heterocycles. The lowest BCUT2D eigenvalue weighted by Gasteiger charge is -2.43. The van der Waals surface area contributed by atoms with Gasteiger partial charge in [0.25, 0.3) is 0 Å². The summed E-state index contributed by atoms with van der Waals surface area (Å²) in [6.45, 7) is 3.79. The first-order valence-electron chi connectivity index (χ1n) is 9.12. The topological polar surface area (TPSA) is 35.8 Å². The molecule has 5 heteroatoms. The van der Waals surface area contributed by atoms with Crippen molar-refractivity contribution in [1.82, 2.24) is 4.90 Å². The zero-order valence-corrected chi connectivity index (χ0v) is 16.4. The summed E-state index contributed by atoms with van der Waals surface area (Å²) in [6.07, 6.45) is 2.12. The number of thioether (sulfide) groups is 1. The average Bonchev–Trinajstić information content (AvgIpc) is 2.81. The van der Waals surface area contributed by atoms with E-state index < -0.39 is 5.72 Å². The molecule has 0 radical (unpaired) electrons. The van der Waals surface area contributed by atoms with Gasteiger partial charge < -0.3 is 10.0 Å². The average molecular weight is 387 g/mol. The van der Waals surface area contributed by atoms with E-state index in [-0.39, 0.29) is 11.2 Å². The zero-order chi connectivity index (χ0) is 18.1. The van der Waals surface area contributed by atoms with Gasteiger partial charge in [0, 0.05) is 18.1 Å². The van der Waals surface area contributed by atoms with Gasteiger partial charge in [0.1, 0.15) is 0 Å². The van der Waals surface area contributed by atoms with Gasteiger partial charge in [-0.3, -0.25) is 4.99 Å². The molecule has 2 heterocycles. The highest BCUT2D eigenvalue weighted by molar-refractivity contribution is 8.14. The Morgan fingerprint density at radius 2 is 1.81 bits per heavy atom. The van der Waals surface area contributed by atoms with Crippen molar-refractivity contribution >= 4 is 28.5 Å². The van der Waals surface area contributed by atoms with Crippen LogP contribution in [0.25, 0.3) is 0 Å². The summed E-state index contributed by atoms with van der Waals surface area (Å²) < 4.78 is 0. The van der Waals surface area contributed by atoms with E-state index in [1.807, 2.05) is 42.5 Å². The van der Waals surface area contributed by atoms with E-state index in [0.29, 0.717) is 5.02 Å². The Kier molecular flexibility index (Phi) is 5.00. The lowest BCUT2D eigenvalue weighted by Crippen LogP contribution is -2.55. The molecule has 0 aliphatic carbocycles. The number of amidine groups is 1. The standard InChI is InChI=1S/C21H23ClN2OS/c1-15-21(25,24-14-6-5-13-23-20(24)26-15)19(16-7-3-2-4-8-16)17-9-11-18(22)12-10-17/h2-4,7-12,15,19,25H,5-6,13-14H2,1H3. The van der Waals surface area contributed by atoms with Gasteiger partial charge >= 0.3 is 0 Å². The molecule has 1 fully saturated rings. The van der Waals surface area contributed by atoms with Crippen LogP contribution in [-0.2, 0) is 0 Å². The molecule has 0 bridgehead atoms. The summed E-state index contributed by atoms with van der Waals surface area (Å²) in [4.78, 5) is 6.88. The second-order valence-corrected chi connectivity index (χ2v) is 8.71. The molecule has 2 aromatic carbocycles. The number of hydrogen-bond acceptors (Lipinski definition) is 4. The molecule has 1 N–H and O–H groups in total. The molecule has 0 spiro atoms. The smallest absolute Gasteiger partial charge is 0.162 e. The fourth-order valence-electron chi connectivity index (χ4n) is 4.01. The van der Waals surface area contributed by atoms with Crippen LogP contribution >= 0.6 is 23.4 Å². The predicted molar refractivity (Wildman–Crippen MR) is 110 cm³/mol. The van der Waals surface area contributed by atoms with E-state index in [4.69, 9.17) is 16.6 Å². The molecule has 0 aromatic heterocycles. The second-order valence-electron chi connectivity index (χ2n) is 6.96. The van der Waals surface area contributed by atoms with Crippen molar-refractivity contribution in [2.24, 2.45) is 4.99 Å². The van der Waals surface area contributed by atoms with Crippen LogP contribution in [-0.4, -0.2) is 39.2 Å². The second kappa shape index (κ2) is 7.26. The first-order chi connectivity index (χ1) is 12.6. The highest BCUT2D eigenvalue weighted by atomic mass is 35.5. The highest BCUT2D eigenvalue weighted by Gasteiger charge is 2.55. The van der Waals surface area contributed by atoms with Crippen molar-refractivity contribution in [1.29, 1.82) is 0 Å². The normalized spacial score (nSPS) is 26.8. The molecule has 136 valence electrons. The van der Waals surface area contributed by atoms with Crippen LogP contribution in [0.5, 0.6) is 0 Å². The minimum absolute atomic E-state index is 0.0141. The van der Waals surface area contributed by atoms with Crippen LogP contribution in [0.2, 0.25) is 5.02 Å². The number of halogens is 1. The number of aliphatic imine (C=N–C) groups is 1. The molecular weight excluding hydrogens is 364 g/mol. The molecule has 0 saturated carbocycles. The van der Waals surface area contributed by atoms with Gasteiger partial charge in [0.2, 0.25) is 0 Å². The van der Waals surface area contributed by atoms with Gasteiger partial charge in [0.15, 0.2) is 10.9 Å². The lowest BCUT2D eigenvalue weighted by atomic mass is 9.80. The maximum atomic E-state index is 12.1. The summed E-state index contributed by atoms with van der Waals surface area (Å²) in [5, 5.41) is 13.8. The largest absolute Gasteiger partial charge is 0.369 e. The van der Waals surface area contributed by atoms with Gasteiger partial charge in [0.05, 0.1) is 11.2 Å². The van der Waals surface area contributed by atoms with E-state index in [0.717, 1.165) is 42.2 Å². The Balaban J connectivity index is 1.86. The van der Waals surface area contributed by atoms with E-state index in [1.165, 1.54) is 0 Å². The van der Waals surface area contributed by atoms with Crippen LogP contribution in [0.4, 0.5) is 0 Å². The Labute approximate surface area is 164 Å². The summed E-state index contributed by atoms with van der Waals surface area (Å²) in [5.74, 6) is -0.172. The van der Waals surface area contributed by atoms with Crippen molar-refractivity contribution < 1.29 is 5.11 Å². The van der Waals surface area contributed by atoms with Gasteiger partial charge in [-0.1, -0.05) is 65.8 Å². The van der Waals surface area contributed by atoms with Crippen molar-refractivity contribution in [3.8, 4) is 0 Å². The van der Waals surface area contributed by atoms with Crippen LogP contribution in [0, 0.1) is 0 Å². The molecule has 1 saturated heterocycles. The first kappa shape index (κ1) is 17.9. The molecule has 26 heavy (non-hydrogen) atoms. The Hall–Kier alpha value is -1.49. The van der Waals surface area contributed by atoms with Crippen molar-refractivity contribution in [3.05, 3.63) is 70.7 Å². The number of fused-ring (bicyclic) bond motifs is 1. The molecule has 3 unspecified atom stereocenters. The lowest BCUT2D eigenvalue weighted by molar-refractivity contribution is -0.0736. The van der Waals surface area contributed by atoms with Gasteiger partial charge in [-0.2, -0.15) is 0 Å². The third-order valence-electron chi connectivity index (χ3n) is 5.34. The zero-order valence-electron chi connectivity index (χ0n) is 14.8. The summed E-state index contributed by atoms with van der Waals surface area (Å²) >= 11 is 7.81. The highest BCUT2D eigenvalue weighted by Crippen LogP contribution is 2.49. The third-order valence-corrected chi connectivity index (χ3v) is 6.85. The van der Waals surface area contributed by atoms with Crippen LogP contribution in [0.3, 0.4) is 0 Å². The van der Waals surface area contributed by atoms with Crippen molar-refractivity contribution in [2.45, 2.75) is 36.7 Å². The number of hydrogen-bond donors (Lipinski definition) is 1. The number of aliphatic hydroxyl groups is 1. The van der Waals surface area contributed by atoms with Gasteiger partial charge in [-0.15, -0.1) is 0 Å². The third kappa shape index (κ3) is 3.04. The molecule has 4 rings (SSSR count). The van der Waals surface area contributed by atoms with E-state index in [1.54, 1.807) is 11.8 Å². The number of rotatable bonds is 3. The van der Waals surface area contributed by atoms with Gasteiger partial charge in [-0.25, -0.2) is 0 Å². The maximum Gasteiger partial charge on any atom is 0.162 e. The van der Waals surface area contributed by atoms with Crippen molar-refractivity contribution in [3.63, 3.8) is 0 Å². The van der Waals surface area contributed by atoms with Crippen molar-refractivity contribution in [2.75, 3.05) is 13.1 Å². The van der Waals surface area contributed by atoms with Gasteiger partial charge in [-0.05, 0) is 43.0 Å². The van der Waals surface area contributed by atoms with Crippen LogP contribution in [0.15, 0.2) is 59.6 Å². The Morgan fingerprint density at radius 1 is 1.12 bits per heavy atom. The fraction of sp³-hybridized carbons (Fsp3) is 0.381. The predicted octanol–water partition coefficient (Wildman–Crippen LogP) is 4.75. The first-order valence-corrected chi connectivity index (χ1v) is 10.4. The van der Waals surface area contributed by atoms with E-state index in [9.17, 15) is 5.11 Å². The summed E-state index contributed by atoms with van der Waals surface area (Å²) in [7, 11) is 0. The molecule has 2 aliphatic rings. The van der Waals surface area contributed by atoms with E-state index >= 15 is 0 Å². The molecule has 2 aromatic rings. The molecule has 3 atom stereocenters. The summed E-state index contributed by atoms with van der Waals surface area (Å²) in [6, 6.07) is 18.1. The Morgan fingerprint density at radius 3 is 2.54 bits per heavy atom. The minimum atomic E-state index is -1.02. The SMILES string of the molecule is CC1SC2=NCCCCN2C1(O)C(c1ccccc1)c1ccc(Cl)cc1. The fourth-order valence-corrected chi connectivity index (χ4v) is 5.42.